The number of hydrogen-bond acceptors (Lipinski definition) is 1. The lowest BCUT2D eigenvalue weighted by Gasteiger charge is -1.69. The molecule has 0 rings (SSSR count). The van der Waals surface area contributed by atoms with Gasteiger partial charge in [0.25, 0.3) is 0 Å². The van der Waals surface area contributed by atoms with E-state index in [0.29, 0.717) is 0 Å². The fraction of sp³-hybridized carbons (Fsp3) is 0. The Morgan fingerprint density at radius 1 is 0.889 bits per heavy atom. The van der Waals surface area contributed by atoms with E-state index in [1.165, 1.54) is 6.20 Å². The molecule has 0 amide bonds. The molecule has 0 unspecified atom stereocenters. The molecule has 0 bridgehead atoms. The molecule has 1 heteroatoms. The fourth-order valence-electron chi connectivity index (χ4n) is 0.335. The Morgan fingerprint density at radius 2 is 1.44 bits per heavy atom. The molecule has 9 heavy (non-hydrogen) atoms. The van der Waals surface area contributed by atoms with E-state index in [-0.39, 0.29) is 0 Å². The summed E-state index contributed by atoms with van der Waals surface area (Å²) < 4.78 is 0. The minimum atomic E-state index is 1.48. The lowest BCUT2D eigenvalue weighted by atomic mass is 10.4. The lowest BCUT2D eigenvalue weighted by Crippen LogP contribution is -1.71. The fourth-order valence-corrected chi connectivity index (χ4v) is 0.335. The summed E-state index contributed by atoms with van der Waals surface area (Å²) in [5.41, 5.74) is 5.07. The van der Waals surface area contributed by atoms with Crippen molar-refractivity contribution in [2.75, 3.05) is 0 Å². The lowest BCUT2D eigenvalue weighted by molar-refractivity contribution is 1.60. The second-order valence-electron chi connectivity index (χ2n) is 1.39. The van der Waals surface area contributed by atoms with Crippen molar-refractivity contribution in [3.63, 3.8) is 0 Å². The van der Waals surface area contributed by atoms with Gasteiger partial charge < -0.3 is 5.73 Å². The maximum atomic E-state index is 5.07. The van der Waals surface area contributed by atoms with E-state index in [9.17, 15) is 0 Å². The first kappa shape index (κ1) is 7.76. The van der Waals surface area contributed by atoms with Crippen LogP contribution in [0.4, 0.5) is 0 Å². The SMILES string of the molecule is C=C\C=C/C=C/C=C/N. The van der Waals surface area contributed by atoms with E-state index < -0.39 is 0 Å². The summed E-state index contributed by atoms with van der Waals surface area (Å²) in [5, 5.41) is 0. The Balaban J connectivity index is 3.46. The van der Waals surface area contributed by atoms with E-state index in [0.717, 1.165) is 0 Å². The van der Waals surface area contributed by atoms with E-state index in [1.54, 1.807) is 12.2 Å². The van der Waals surface area contributed by atoms with Gasteiger partial charge in [0.1, 0.15) is 0 Å². The molecule has 48 valence electrons. The van der Waals surface area contributed by atoms with Crippen LogP contribution in [0, 0.1) is 0 Å². The minimum absolute atomic E-state index is 1.48. The quantitative estimate of drug-likeness (QED) is 0.566. The highest BCUT2D eigenvalue weighted by molar-refractivity contribution is 5.13. The number of hydrogen-bond donors (Lipinski definition) is 1. The first-order valence-electron chi connectivity index (χ1n) is 2.74. The zero-order chi connectivity index (χ0) is 6.95. The van der Waals surface area contributed by atoms with Crippen LogP contribution < -0.4 is 5.73 Å². The average molecular weight is 121 g/mol. The summed E-state index contributed by atoms with van der Waals surface area (Å²) in [6, 6.07) is 0. The molecule has 0 aromatic heterocycles. The number of allylic oxidation sites excluding steroid dienone is 6. The Morgan fingerprint density at radius 3 is 2.00 bits per heavy atom. The molecule has 1 nitrogen and oxygen atoms in total. The Labute approximate surface area is 55.9 Å². The number of nitrogens with two attached hydrogens (primary N) is 1. The average Bonchev–Trinajstić information content (AvgIpc) is 1.89. The van der Waals surface area contributed by atoms with Crippen molar-refractivity contribution in [3.8, 4) is 0 Å². The van der Waals surface area contributed by atoms with Gasteiger partial charge in [-0.25, -0.2) is 0 Å². The van der Waals surface area contributed by atoms with Crippen LogP contribution in [0.5, 0.6) is 0 Å². The van der Waals surface area contributed by atoms with Gasteiger partial charge >= 0.3 is 0 Å². The van der Waals surface area contributed by atoms with Gasteiger partial charge in [-0.2, -0.15) is 0 Å². The molecule has 0 aromatic rings. The van der Waals surface area contributed by atoms with E-state index in [4.69, 9.17) is 5.73 Å². The van der Waals surface area contributed by atoms with Crippen LogP contribution in [0.15, 0.2) is 49.2 Å². The summed E-state index contributed by atoms with van der Waals surface area (Å²) in [4.78, 5) is 0. The molecular formula is C8H11N. The first-order valence-corrected chi connectivity index (χ1v) is 2.74. The van der Waals surface area contributed by atoms with Crippen LogP contribution in [-0.2, 0) is 0 Å². The second-order valence-corrected chi connectivity index (χ2v) is 1.39. The second kappa shape index (κ2) is 6.76. The molecule has 0 spiro atoms. The molecule has 0 aromatic carbocycles. The molecule has 0 saturated carbocycles. The van der Waals surface area contributed by atoms with Crippen molar-refractivity contribution in [2.45, 2.75) is 0 Å². The van der Waals surface area contributed by atoms with Gasteiger partial charge in [-0.3, -0.25) is 0 Å². The summed E-state index contributed by atoms with van der Waals surface area (Å²) in [5.74, 6) is 0. The monoisotopic (exact) mass is 121 g/mol. The van der Waals surface area contributed by atoms with Crippen molar-refractivity contribution in [1.29, 1.82) is 0 Å². The predicted molar refractivity (Wildman–Crippen MR) is 41.8 cm³/mol. The maximum Gasteiger partial charge on any atom is -0.00624 e. The standard InChI is InChI=1S/C8H11N/c1-2-3-4-5-6-7-8-9/h2-8H,1,9H2/b4-3-,6-5+,8-7+. The van der Waals surface area contributed by atoms with Gasteiger partial charge in [-0.15, -0.1) is 0 Å². The van der Waals surface area contributed by atoms with Gasteiger partial charge in [0, 0.05) is 0 Å². The highest BCUT2D eigenvalue weighted by Crippen LogP contribution is 1.77. The van der Waals surface area contributed by atoms with E-state index >= 15 is 0 Å². The normalized spacial score (nSPS) is 12.0. The molecule has 2 N–H and O–H groups in total. The van der Waals surface area contributed by atoms with Gasteiger partial charge in [-0.05, 0) is 12.3 Å². The highest BCUT2D eigenvalue weighted by Gasteiger charge is 1.57. The third kappa shape index (κ3) is 6.76. The first-order chi connectivity index (χ1) is 4.41. The largest absolute Gasteiger partial charge is 0.405 e. The highest BCUT2D eigenvalue weighted by atomic mass is 14.5. The van der Waals surface area contributed by atoms with E-state index in [2.05, 4.69) is 6.58 Å². The molecule has 0 heterocycles. The van der Waals surface area contributed by atoms with Crippen LogP contribution >= 0.6 is 0 Å². The summed E-state index contributed by atoms with van der Waals surface area (Å²) in [6.45, 7) is 3.52. The van der Waals surface area contributed by atoms with Crippen LogP contribution in [0.25, 0.3) is 0 Å². The van der Waals surface area contributed by atoms with Crippen molar-refractivity contribution in [3.05, 3.63) is 49.2 Å². The van der Waals surface area contributed by atoms with E-state index in [1.807, 2.05) is 24.3 Å². The van der Waals surface area contributed by atoms with Crippen LogP contribution in [-0.4, -0.2) is 0 Å². The van der Waals surface area contributed by atoms with Gasteiger partial charge in [0.2, 0.25) is 0 Å². The number of rotatable bonds is 3. The van der Waals surface area contributed by atoms with Crippen LogP contribution in [0.2, 0.25) is 0 Å². The Bertz CT molecular complexity index is 141. The van der Waals surface area contributed by atoms with Gasteiger partial charge in [0.05, 0.1) is 0 Å². The Hall–Kier alpha value is -1.24. The van der Waals surface area contributed by atoms with Crippen molar-refractivity contribution in [2.24, 2.45) is 5.73 Å². The third-order valence-corrected chi connectivity index (χ3v) is 0.692. The summed E-state index contributed by atoms with van der Waals surface area (Å²) >= 11 is 0. The molecule has 0 aliphatic rings. The topological polar surface area (TPSA) is 26.0 Å². The minimum Gasteiger partial charge on any atom is -0.405 e. The summed E-state index contributed by atoms with van der Waals surface area (Å²) in [7, 11) is 0. The molecule has 0 aliphatic carbocycles. The van der Waals surface area contributed by atoms with Gasteiger partial charge in [0.15, 0.2) is 0 Å². The molecule has 0 saturated heterocycles. The van der Waals surface area contributed by atoms with Crippen molar-refractivity contribution >= 4 is 0 Å². The Kier molecular flexibility index (Phi) is 5.83. The zero-order valence-corrected chi connectivity index (χ0v) is 5.33. The molecule has 0 atom stereocenters. The molecule has 0 fully saturated rings. The van der Waals surface area contributed by atoms with Crippen LogP contribution in [0.1, 0.15) is 0 Å². The smallest absolute Gasteiger partial charge is 0.00624 e. The molecule has 0 radical (unpaired) electrons. The predicted octanol–water partition coefficient (Wildman–Crippen LogP) is 1.76. The van der Waals surface area contributed by atoms with Crippen molar-refractivity contribution < 1.29 is 0 Å². The van der Waals surface area contributed by atoms with Gasteiger partial charge in [-0.1, -0.05) is 37.0 Å². The maximum absolute atomic E-state index is 5.07. The van der Waals surface area contributed by atoms with Crippen molar-refractivity contribution in [1.82, 2.24) is 0 Å². The third-order valence-electron chi connectivity index (χ3n) is 0.692. The molecular weight excluding hydrogens is 110 g/mol. The summed E-state index contributed by atoms with van der Waals surface area (Å²) in [6.07, 6.45) is 12.4. The molecule has 0 aliphatic heterocycles. The van der Waals surface area contributed by atoms with Crippen LogP contribution in [0.3, 0.4) is 0 Å². The zero-order valence-electron chi connectivity index (χ0n) is 5.33.